The first kappa shape index (κ1) is 11.7. The first-order valence-electron chi connectivity index (χ1n) is 4.76. The van der Waals surface area contributed by atoms with E-state index in [1.165, 1.54) is 4.88 Å². The third kappa shape index (κ3) is 2.32. The van der Waals surface area contributed by atoms with Gasteiger partial charge in [-0.2, -0.15) is 0 Å². The number of aromatic nitrogens is 3. The van der Waals surface area contributed by atoms with E-state index >= 15 is 0 Å². The predicted molar refractivity (Wildman–Crippen MR) is 66.8 cm³/mol. The Bertz CT molecular complexity index is 433. The zero-order valence-electron chi connectivity index (χ0n) is 8.72. The molecule has 2 rings (SSSR count). The van der Waals surface area contributed by atoms with Crippen LogP contribution in [0.5, 0.6) is 0 Å². The molecule has 0 aliphatic heterocycles. The number of aryl methyl sites for hydroxylation is 1. The van der Waals surface area contributed by atoms with Crippen LogP contribution in [0.25, 0.3) is 0 Å². The average Bonchev–Trinajstić information content (AvgIpc) is 2.87. The summed E-state index contributed by atoms with van der Waals surface area (Å²) in [6.45, 7) is 0. The van der Waals surface area contributed by atoms with Crippen LogP contribution in [-0.2, 0) is 13.5 Å². The number of hydrogen-bond acceptors (Lipinski definition) is 5. The van der Waals surface area contributed by atoms with Crippen molar-refractivity contribution in [3.8, 4) is 0 Å². The molecule has 0 radical (unpaired) electrons. The molecule has 0 amide bonds. The molecule has 5 nitrogen and oxygen atoms in total. The largest absolute Gasteiger partial charge is 0.271 e. The Labute approximate surface area is 106 Å². The maximum Gasteiger partial charge on any atom is 0.153 e. The summed E-state index contributed by atoms with van der Waals surface area (Å²) in [5.41, 5.74) is 3.75. The molecule has 2 heterocycles. The van der Waals surface area contributed by atoms with Gasteiger partial charge in [0.1, 0.15) is 0 Å². The molecule has 2 aromatic rings. The fraction of sp³-hybridized carbons (Fsp3) is 0.333. The van der Waals surface area contributed by atoms with E-state index in [2.05, 4.69) is 43.1 Å². The van der Waals surface area contributed by atoms with Gasteiger partial charge in [0.25, 0.3) is 0 Å². The second kappa shape index (κ2) is 5.05. The number of nitrogens with zero attached hydrogens (tertiary/aromatic N) is 3. The van der Waals surface area contributed by atoms with E-state index in [9.17, 15) is 0 Å². The molecule has 2 aromatic heterocycles. The highest BCUT2D eigenvalue weighted by Crippen LogP contribution is 2.24. The summed E-state index contributed by atoms with van der Waals surface area (Å²) in [4.78, 5) is 1.27. The second-order valence-corrected chi connectivity index (χ2v) is 5.18. The van der Waals surface area contributed by atoms with Gasteiger partial charge in [0.05, 0.1) is 11.7 Å². The van der Waals surface area contributed by atoms with E-state index in [1.807, 2.05) is 13.1 Å². The molecule has 0 fully saturated rings. The third-order valence-corrected chi connectivity index (χ3v) is 3.81. The van der Waals surface area contributed by atoms with E-state index in [4.69, 9.17) is 5.84 Å². The maximum atomic E-state index is 5.58. The van der Waals surface area contributed by atoms with Gasteiger partial charge in [0, 0.05) is 18.3 Å². The lowest BCUT2D eigenvalue weighted by molar-refractivity contribution is 0.508. The van der Waals surface area contributed by atoms with Gasteiger partial charge in [-0.3, -0.25) is 11.3 Å². The number of nitrogens with one attached hydrogen (secondary N) is 1. The fourth-order valence-corrected chi connectivity index (χ4v) is 2.93. The van der Waals surface area contributed by atoms with Gasteiger partial charge in [0.2, 0.25) is 0 Å². The van der Waals surface area contributed by atoms with Gasteiger partial charge in [-0.05, 0) is 27.4 Å². The fourth-order valence-electron chi connectivity index (χ4n) is 1.57. The lowest BCUT2D eigenvalue weighted by atomic mass is 10.1. The van der Waals surface area contributed by atoms with Crippen molar-refractivity contribution in [1.29, 1.82) is 0 Å². The molecule has 0 saturated carbocycles. The van der Waals surface area contributed by atoms with Crippen molar-refractivity contribution in [1.82, 2.24) is 20.4 Å². The Morgan fingerprint density at radius 1 is 1.69 bits per heavy atom. The average molecular weight is 302 g/mol. The van der Waals surface area contributed by atoms with Crippen LogP contribution in [0.1, 0.15) is 16.6 Å². The van der Waals surface area contributed by atoms with Gasteiger partial charge in [-0.15, -0.1) is 16.4 Å². The van der Waals surface area contributed by atoms with Crippen LogP contribution in [0.15, 0.2) is 22.1 Å². The molecule has 3 N–H and O–H groups in total. The number of nitrogens with two attached hydrogens (primary N) is 1. The molecular weight excluding hydrogens is 290 g/mol. The van der Waals surface area contributed by atoms with Crippen LogP contribution < -0.4 is 11.3 Å². The predicted octanol–water partition coefficient (Wildman–Crippen LogP) is 1.39. The maximum absolute atomic E-state index is 5.58. The second-order valence-electron chi connectivity index (χ2n) is 3.39. The van der Waals surface area contributed by atoms with Crippen molar-refractivity contribution < 1.29 is 0 Å². The standard InChI is InChI=1S/C9H12BrN5S/c1-15-8(9(10)13-14-15)7(12-11)5-6-3-2-4-16-6/h2-4,7,12H,5,11H2,1H3. The Hall–Kier alpha value is -0.760. The van der Waals surface area contributed by atoms with Crippen LogP contribution in [0, 0.1) is 0 Å². The van der Waals surface area contributed by atoms with E-state index in [1.54, 1.807) is 16.0 Å². The number of rotatable bonds is 4. The third-order valence-electron chi connectivity index (χ3n) is 2.34. The van der Waals surface area contributed by atoms with Gasteiger partial charge < -0.3 is 0 Å². The highest BCUT2D eigenvalue weighted by molar-refractivity contribution is 9.10. The molecule has 86 valence electrons. The summed E-state index contributed by atoms with van der Waals surface area (Å²) in [5, 5.41) is 9.95. The molecule has 7 heteroatoms. The molecule has 1 atom stereocenters. The number of hydrazine groups is 1. The van der Waals surface area contributed by atoms with E-state index in [-0.39, 0.29) is 6.04 Å². The van der Waals surface area contributed by atoms with Crippen molar-refractivity contribution in [2.75, 3.05) is 0 Å². The minimum absolute atomic E-state index is 0.00743. The quantitative estimate of drug-likeness (QED) is 0.661. The lowest BCUT2D eigenvalue weighted by Gasteiger charge is -2.15. The normalized spacial score (nSPS) is 12.9. The summed E-state index contributed by atoms with van der Waals surface area (Å²) >= 11 is 5.09. The van der Waals surface area contributed by atoms with Gasteiger partial charge >= 0.3 is 0 Å². The highest BCUT2D eigenvalue weighted by Gasteiger charge is 2.19. The van der Waals surface area contributed by atoms with Gasteiger partial charge in [-0.25, -0.2) is 4.68 Å². The van der Waals surface area contributed by atoms with Crippen molar-refractivity contribution >= 4 is 27.3 Å². The van der Waals surface area contributed by atoms with Gasteiger partial charge in [0.15, 0.2) is 4.60 Å². The molecule has 0 spiro atoms. The van der Waals surface area contributed by atoms with E-state index < -0.39 is 0 Å². The topological polar surface area (TPSA) is 68.8 Å². The van der Waals surface area contributed by atoms with Crippen molar-refractivity contribution in [2.45, 2.75) is 12.5 Å². The minimum Gasteiger partial charge on any atom is -0.271 e. The first-order valence-corrected chi connectivity index (χ1v) is 6.43. The van der Waals surface area contributed by atoms with Crippen LogP contribution in [-0.4, -0.2) is 15.0 Å². The summed E-state index contributed by atoms with van der Waals surface area (Å²) in [6, 6.07) is 4.13. The van der Waals surface area contributed by atoms with Crippen molar-refractivity contribution in [3.05, 3.63) is 32.7 Å². The molecule has 0 aliphatic carbocycles. The van der Waals surface area contributed by atoms with Crippen LogP contribution in [0.4, 0.5) is 0 Å². The van der Waals surface area contributed by atoms with Crippen LogP contribution >= 0.6 is 27.3 Å². The molecule has 16 heavy (non-hydrogen) atoms. The Kier molecular flexibility index (Phi) is 3.70. The Morgan fingerprint density at radius 2 is 2.50 bits per heavy atom. The number of hydrogen-bond donors (Lipinski definition) is 2. The summed E-state index contributed by atoms with van der Waals surface area (Å²) in [7, 11) is 1.85. The smallest absolute Gasteiger partial charge is 0.153 e. The molecular formula is C9H12BrN5S. The number of halogens is 1. The molecule has 0 bridgehead atoms. The summed E-state index contributed by atoms with van der Waals surface area (Å²) < 4.78 is 2.46. The van der Waals surface area contributed by atoms with Crippen LogP contribution in [0.3, 0.4) is 0 Å². The zero-order valence-corrected chi connectivity index (χ0v) is 11.1. The summed E-state index contributed by atoms with van der Waals surface area (Å²) in [5.74, 6) is 5.58. The highest BCUT2D eigenvalue weighted by atomic mass is 79.9. The lowest BCUT2D eigenvalue weighted by Crippen LogP contribution is -2.31. The Morgan fingerprint density at radius 3 is 3.00 bits per heavy atom. The van der Waals surface area contributed by atoms with E-state index in [0.717, 1.165) is 16.7 Å². The zero-order chi connectivity index (χ0) is 11.5. The van der Waals surface area contributed by atoms with Gasteiger partial charge in [-0.1, -0.05) is 11.3 Å². The van der Waals surface area contributed by atoms with Crippen LogP contribution in [0.2, 0.25) is 0 Å². The van der Waals surface area contributed by atoms with Crippen molar-refractivity contribution in [3.63, 3.8) is 0 Å². The first-order chi connectivity index (χ1) is 7.72. The molecule has 1 unspecified atom stereocenters. The molecule has 0 aromatic carbocycles. The molecule has 0 aliphatic rings. The minimum atomic E-state index is 0.00743. The molecule has 0 saturated heterocycles. The summed E-state index contributed by atoms with van der Waals surface area (Å²) in [6.07, 6.45) is 0.827. The SMILES string of the molecule is Cn1nnc(Br)c1C(Cc1cccs1)NN. The Balaban J connectivity index is 2.23. The number of thiophene rings is 1. The van der Waals surface area contributed by atoms with E-state index in [0.29, 0.717) is 0 Å². The monoisotopic (exact) mass is 301 g/mol. The van der Waals surface area contributed by atoms with Crippen molar-refractivity contribution in [2.24, 2.45) is 12.9 Å².